The summed E-state index contributed by atoms with van der Waals surface area (Å²) >= 11 is 0. The first-order chi connectivity index (χ1) is 6.20. The summed E-state index contributed by atoms with van der Waals surface area (Å²) in [5.41, 5.74) is 0.260. The molecule has 1 heterocycles. The number of aliphatic imine (C=N–C) groups is 1. The highest BCUT2D eigenvalue weighted by atomic mass is 15.1. The van der Waals surface area contributed by atoms with Gasteiger partial charge in [0.25, 0.3) is 0 Å². The summed E-state index contributed by atoms with van der Waals surface area (Å²) in [4.78, 5) is 4.52. The molecule has 0 unspecified atom stereocenters. The lowest BCUT2D eigenvalue weighted by atomic mass is 9.95. The maximum Gasteiger partial charge on any atom is 0.0967 e. The Kier molecular flexibility index (Phi) is 3.76. The van der Waals surface area contributed by atoms with Crippen molar-refractivity contribution in [1.29, 1.82) is 0 Å². The van der Waals surface area contributed by atoms with Crippen LogP contribution in [0.2, 0.25) is 0 Å². The number of nitrogens with zero attached hydrogens (tertiary/aromatic N) is 1. The van der Waals surface area contributed by atoms with Crippen LogP contribution in [0, 0.1) is 0 Å². The van der Waals surface area contributed by atoms with Crippen molar-refractivity contribution in [2.45, 2.75) is 58.4 Å². The molecule has 0 saturated heterocycles. The van der Waals surface area contributed by atoms with E-state index in [1.807, 2.05) is 0 Å². The lowest BCUT2D eigenvalue weighted by molar-refractivity contribution is 0.383. The predicted octanol–water partition coefficient (Wildman–Crippen LogP) is 2.74. The van der Waals surface area contributed by atoms with E-state index in [1.165, 1.54) is 31.5 Å². The van der Waals surface area contributed by atoms with Crippen LogP contribution >= 0.6 is 0 Å². The molecule has 1 aliphatic heterocycles. The summed E-state index contributed by atoms with van der Waals surface area (Å²) in [7, 11) is 0. The Morgan fingerprint density at radius 1 is 1.31 bits per heavy atom. The van der Waals surface area contributed by atoms with Gasteiger partial charge in [-0.3, -0.25) is 4.99 Å². The molecule has 13 heavy (non-hydrogen) atoms. The van der Waals surface area contributed by atoms with Crippen molar-refractivity contribution in [3.63, 3.8) is 0 Å². The van der Waals surface area contributed by atoms with Crippen LogP contribution in [0.3, 0.4) is 0 Å². The van der Waals surface area contributed by atoms with Gasteiger partial charge in [-0.2, -0.15) is 0 Å². The lowest BCUT2D eigenvalue weighted by Crippen LogP contribution is -2.45. The van der Waals surface area contributed by atoms with Crippen molar-refractivity contribution in [1.82, 2.24) is 5.32 Å². The van der Waals surface area contributed by atoms with E-state index in [2.05, 4.69) is 31.1 Å². The van der Waals surface area contributed by atoms with Crippen LogP contribution in [0.4, 0.5) is 0 Å². The van der Waals surface area contributed by atoms with Crippen LogP contribution in [0.25, 0.3) is 0 Å². The highest BCUT2D eigenvalue weighted by Crippen LogP contribution is 2.15. The second kappa shape index (κ2) is 4.64. The molecule has 0 saturated carbocycles. The smallest absolute Gasteiger partial charge is 0.0967 e. The minimum atomic E-state index is 0.260. The van der Waals surface area contributed by atoms with Crippen LogP contribution < -0.4 is 5.32 Å². The Balaban J connectivity index is 2.49. The molecule has 0 aromatic rings. The summed E-state index contributed by atoms with van der Waals surface area (Å²) in [6.07, 6.45) is 6.05. The highest BCUT2D eigenvalue weighted by Gasteiger charge is 2.20. The van der Waals surface area contributed by atoms with E-state index in [0.717, 1.165) is 13.0 Å². The molecule has 1 rings (SSSR count). The van der Waals surface area contributed by atoms with E-state index in [9.17, 15) is 0 Å². The topological polar surface area (TPSA) is 24.4 Å². The summed E-state index contributed by atoms with van der Waals surface area (Å²) in [6, 6.07) is 0. The van der Waals surface area contributed by atoms with E-state index in [0.29, 0.717) is 0 Å². The van der Waals surface area contributed by atoms with E-state index in [-0.39, 0.29) is 5.54 Å². The average molecular weight is 182 g/mol. The molecule has 1 aliphatic rings. The molecule has 2 nitrogen and oxygen atoms in total. The van der Waals surface area contributed by atoms with E-state index in [1.54, 1.807) is 0 Å². The molecule has 0 bridgehead atoms. The predicted molar refractivity (Wildman–Crippen MR) is 58.3 cm³/mol. The Morgan fingerprint density at radius 3 is 2.46 bits per heavy atom. The van der Waals surface area contributed by atoms with Gasteiger partial charge in [-0.05, 0) is 32.6 Å². The van der Waals surface area contributed by atoms with Crippen molar-refractivity contribution < 1.29 is 0 Å². The SMILES string of the molecule is CCC(C)(CC)NC1=NCCCC1. The standard InChI is InChI=1S/C11H22N2/c1-4-11(3,5-2)13-10-8-6-7-9-12-10/h4-9H2,1-3H3,(H,12,13). The van der Waals surface area contributed by atoms with Crippen LogP contribution in [-0.4, -0.2) is 17.9 Å². The van der Waals surface area contributed by atoms with Gasteiger partial charge in [0.2, 0.25) is 0 Å². The summed E-state index contributed by atoms with van der Waals surface area (Å²) in [5.74, 6) is 1.23. The average Bonchev–Trinajstić information content (AvgIpc) is 2.19. The zero-order valence-electron chi connectivity index (χ0n) is 9.19. The first-order valence-corrected chi connectivity index (χ1v) is 5.51. The van der Waals surface area contributed by atoms with Crippen LogP contribution in [0.5, 0.6) is 0 Å². The van der Waals surface area contributed by atoms with Gasteiger partial charge in [0, 0.05) is 18.5 Å². The van der Waals surface area contributed by atoms with Crippen LogP contribution in [-0.2, 0) is 0 Å². The Labute approximate surface area is 81.8 Å². The molecule has 1 N–H and O–H groups in total. The molecular formula is C11H22N2. The van der Waals surface area contributed by atoms with Crippen molar-refractivity contribution in [2.75, 3.05) is 6.54 Å². The molecule has 0 aromatic heterocycles. The van der Waals surface area contributed by atoms with Crippen molar-refractivity contribution >= 4 is 5.84 Å². The van der Waals surface area contributed by atoms with Gasteiger partial charge in [0.05, 0.1) is 5.84 Å². The Hall–Kier alpha value is -0.530. The third-order valence-electron chi connectivity index (χ3n) is 3.13. The van der Waals surface area contributed by atoms with E-state index < -0.39 is 0 Å². The molecule has 2 heteroatoms. The lowest BCUT2D eigenvalue weighted by Gasteiger charge is -2.31. The minimum absolute atomic E-state index is 0.260. The first-order valence-electron chi connectivity index (χ1n) is 5.51. The largest absolute Gasteiger partial charge is 0.369 e. The van der Waals surface area contributed by atoms with Gasteiger partial charge >= 0.3 is 0 Å². The third-order valence-corrected chi connectivity index (χ3v) is 3.13. The Morgan fingerprint density at radius 2 is 2.00 bits per heavy atom. The summed E-state index contributed by atoms with van der Waals surface area (Å²) < 4.78 is 0. The quantitative estimate of drug-likeness (QED) is 0.713. The normalized spacial score (nSPS) is 18.2. The first kappa shape index (κ1) is 10.6. The van der Waals surface area contributed by atoms with Gasteiger partial charge in [-0.1, -0.05) is 13.8 Å². The zero-order chi connectivity index (χ0) is 9.73. The van der Waals surface area contributed by atoms with E-state index >= 15 is 0 Å². The fourth-order valence-electron chi connectivity index (χ4n) is 1.57. The van der Waals surface area contributed by atoms with Crippen LogP contribution in [0.1, 0.15) is 52.9 Å². The molecule has 0 aromatic carbocycles. The van der Waals surface area contributed by atoms with Gasteiger partial charge in [-0.25, -0.2) is 0 Å². The second-order valence-electron chi connectivity index (χ2n) is 4.18. The van der Waals surface area contributed by atoms with Crippen molar-refractivity contribution in [2.24, 2.45) is 4.99 Å². The van der Waals surface area contributed by atoms with Crippen molar-refractivity contribution in [3.8, 4) is 0 Å². The van der Waals surface area contributed by atoms with Gasteiger partial charge in [-0.15, -0.1) is 0 Å². The Bertz CT molecular complexity index is 181. The number of hydrogen-bond donors (Lipinski definition) is 1. The molecular weight excluding hydrogens is 160 g/mol. The maximum absolute atomic E-state index is 4.52. The monoisotopic (exact) mass is 182 g/mol. The van der Waals surface area contributed by atoms with Gasteiger partial charge in [0.15, 0.2) is 0 Å². The fraction of sp³-hybridized carbons (Fsp3) is 0.909. The number of rotatable bonds is 3. The summed E-state index contributed by atoms with van der Waals surface area (Å²) in [5, 5.41) is 3.58. The molecule has 0 amide bonds. The molecule has 0 atom stereocenters. The molecule has 0 radical (unpaired) electrons. The zero-order valence-corrected chi connectivity index (χ0v) is 9.19. The maximum atomic E-state index is 4.52. The van der Waals surface area contributed by atoms with Gasteiger partial charge < -0.3 is 5.32 Å². The molecule has 76 valence electrons. The minimum Gasteiger partial charge on any atom is -0.369 e. The van der Waals surface area contributed by atoms with Gasteiger partial charge in [0.1, 0.15) is 0 Å². The van der Waals surface area contributed by atoms with Crippen molar-refractivity contribution in [3.05, 3.63) is 0 Å². The second-order valence-corrected chi connectivity index (χ2v) is 4.18. The number of amidine groups is 1. The third kappa shape index (κ3) is 3.02. The molecule has 0 aliphatic carbocycles. The van der Waals surface area contributed by atoms with E-state index in [4.69, 9.17) is 0 Å². The number of nitrogens with one attached hydrogen (secondary N) is 1. The fourth-order valence-corrected chi connectivity index (χ4v) is 1.57. The molecule has 0 fully saturated rings. The summed E-state index contributed by atoms with van der Waals surface area (Å²) in [6.45, 7) is 7.77. The van der Waals surface area contributed by atoms with Crippen LogP contribution in [0.15, 0.2) is 4.99 Å². The highest BCUT2D eigenvalue weighted by molar-refractivity contribution is 5.83. The molecule has 0 spiro atoms. The number of hydrogen-bond acceptors (Lipinski definition) is 2.